The number of aldehydes is 2. The van der Waals surface area contributed by atoms with E-state index in [0.717, 1.165) is 4.90 Å². The lowest BCUT2D eigenvalue weighted by Gasteiger charge is -2.31. The maximum absolute atomic E-state index is 14.4. The summed E-state index contributed by atoms with van der Waals surface area (Å²) in [5.41, 5.74) is 27.2. The van der Waals surface area contributed by atoms with Gasteiger partial charge in [-0.15, -0.1) is 0 Å². The molecule has 0 bridgehead atoms. The minimum Gasteiger partial charge on any atom is -0.508 e. The van der Waals surface area contributed by atoms with Gasteiger partial charge >= 0.3 is 5.97 Å². The number of nitrogens with two attached hydrogens (primary N) is 4. The fraction of sp³-hybridized carbons (Fsp3) is 0.596. The van der Waals surface area contributed by atoms with Gasteiger partial charge in [-0.2, -0.15) is 0 Å². The van der Waals surface area contributed by atoms with Crippen LogP contribution in [0.2, 0.25) is 0 Å². The van der Waals surface area contributed by atoms with Crippen LogP contribution in [0.3, 0.4) is 0 Å². The van der Waals surface area contributed by atoms with Crippen molar-refractivity contribution in [3.63, 3.8) is 0 Å². The fourth-order valence-corrected chi connectivity index (χ4v) is 7.77. The third-order valence-electron chi connectivity index (χ3n) is 11.8. The number of aliphatic imine (C=N–C) groups is 1. The molecule has 0 unspecified atom stereocenters. The summed E-state index contributed by atoms with van der Waals surface area (Å²) in [5.74, 6) is -10.7. The standard InChI is InChI=1S/C47H74N14O16/c1-24(2)18-33(60-59-27(21-62)22-63)44(75)57-34(20-38(49)68)46(77)61-17-5-7-36(61)45(76)55-31(13-15-39(69)70)41(72)56-32(19-26-8-10-28(66)11-9-26)43(74)53-29(6-4-16-52-47(50)51)40(71)54-30(12-14-37(48)67)42(73)58-35(23-64)25(3)65/h8-11,21,23-25,27,29-36,59-60,63,65-66H,4-7,12-20,22H2,1-3H3,(H2,48,67)(H2,49,68)(H,53,74)(H,54,71)(H,55,76)(H,56,72)(H,57,75)(H,58,73)(H,69,70)(H4,50,51,52)/t25-,27-,29+,30+,31+,32+,33+,34+,35-,36+/m1/s1. The van der Waals surface area contributed by atoms with Crippen LogP contribution in [0.1, 0.15) is 90.5 Å². The molecule has 10 atom stereocenters. The number of amides is 9. The number of carboxylic acids is 1. The van der Waals surface area contributed by atoms with E-state index in [1.54, 1.807) is 13.8 Å². The Labute approximate surface area is 443 Å². The number of hydrogen-bond acceptors (Lipinski definition) is 18. The molecule has 1 heterocycles. The molecule has 0 aromatic heterocycles. The Morgan fingerprint density at radius 3 is 1.78 bits per heavy atom. The number of nitrogens with zero attached hydrogens (tertiary/aromatic N) is 2. The van der Waals surface area contributed by atoms with Crippen LogP contribution in [0.25, 0.3) is 0 Å². The number of hydrogen-bond donors (Lipinski definition) is 16. The lowest BCUT2D eigenvalue weighted by Crippen LogP contribution is -2.61. The minimum absolute atomic E-state index is 0.000430. The molecule has 1 fully saturated rings. The zero-order valence-corrected chi connectivity index (χ0v) is 43.1. The largest absolute Gasteiger partial charge is 0.508 e. The third-order valence-corrected chi connectivity index (χ3v) is 11.8. The Morgan fingerprint density at radius 2 is 1.25 bits per heavy atom. The number of aromatic hydroxyl groups is 1. The number of carboxylic acid groups (broad SMARTS) is 1. The highest BCUT2D eigenvalue weighted by Gasteiger charge is 2.41. The second kappa shape index (κ2) is 33.3. The lowest BCUT2D eigenvalue weighted by molar-refractivity contribution is -0.143. The van der Waals surface area contributed by atoms with Crippen molar-refractivity contribution in [2.75, 3.05) is 19.7 Å². The summed E-state index contributed by atoms with van der Waals surface area (Å²) in [7, 11) is 0. The number of benzene rings is 1. The quantitative estimate of drug-likeness (QED) is 0.00977. The number of phenols is 1. The van der Waals surface area contributed by atoms with E-state index < -0.39 is 152 Å². The molecule has 30 nitrogen and oxygen atoms in total. The smallest absolute Gasteiger partial charge is 0.303 e. The maximum Gasteiger partial charge on any atom is 0.303 e. The summed E-state index contributed by atoms with van der Waals surface area (Å²) in [6, 6.07) is -7.67. The molecule has 77 heavy (non-hydrogen) atoms. The monoisotopic (exact) mass is 1090 g/mol. The molecule has 1 aromatic carbocycles. The number of hydrazine groups is 1. The van der Waals surface area contributed by atoms with Gasteiger partial charge in [-0.05, 0) is 75.5 Å². The van der Waals surface area contributed by atoms with Crippen molar-refractivity contribution < 1.29 is 78.0 Å². The summed E-state index contributed by atoms with van der Waals surface area (Å²) >= 11 is 0. The molecule has 1 aliphatic heterocycles. The highest BCUT2D eigenvalue weighted by molar-refractivity contribution is 5.99. The lowest BCUT2D eigenvalue weighted by atomic mass is 10.0. The number of carbonyl (C=O) groups excluding carboxylic acids is 11. The number of primary amides is 2. The van der Waals surface area contributed by atoms with E-state index in [1.165, 1.54) is 31.2 Å². The van der Waals surface area contributed by atoms with Crippen molar-refractivity contribution in [3.8, 4) is 5.75 Å². The Morgan fingerprint density at radius 1 is 0.701 bits per heavy atom. The highest BCUT2D eigenvalue weighted by Crippen LogP contribution is 2.21. The predicted molar refractivity (Wildman–Crippen MR) is 271 cm³/mol. The van der Waals surface area contributed by atoms with Crippen molar-refractivity contribution in [2.24, 2.45) is 33.8 Å². The molecule has 428 valence electrons. The molecule has 2 rings (SSSR count). The first-order chi connectivity index (χ1) is 36.3. The fourth-order valence-electron chi connectivity index (χ4n) is 7.77. The van der Waals surface area contributed by atoms with E-state index in [-0.39, 0.29) is 81.9 Å². The molecule has 0 aliphatic carbocycles. The first-order valence-corrected chi connectivity index (χ1v) is 24.7. The summed E-state index contributed by atoms with van der Waals surface area (Å²) in [6.07, 6.45) is -3.70. The molecule has 20 N–H and O–H groups in total. The number of likely N-dealkylation sites (tertiary alicyclic amines) is 1. The van der Waals surface area contributed by atoms with Crippen LogP contribution in [-0.4, -0.2) is 183 Å². The molecular formula is C47H74N14O16. The number of rotatable bonds is 36. The molecule has 1 aliphatic rings. The van der Waals surface area contributed by atoms with Gasteiger partial charge in [0.1, 0.15) is 66.7 Å². The normalized spacial score (nSPS) is 16.5. The Hall–Kier alpha value is -7.83. The van der Waals surface area contributed by atoms with Gasteiger partial charge < -0.3 is 89.8 Å². The van der Waals surface area contributed by atoms with Crippen LogP contribution in [0.15, 0.2) is 29.3 Å². The van der Waals surface area contributed by atoms with E-state index in [2.05, 4.69) is 47.7 Å². The van der Waals surface area contributed by atoms with Gasteiger partial charge in [-0.1, -0.05) is 26.0 Å². The number of nitrogens with one attached hydrogen (secondary N) is 8. The number of aliphatic carboxylic acids is 1. The summed E-state index contributed by atoms with van der Waals surface area (Å²) in [6.45, 7) is 4.03. The van der Waals surface area contributed by atoms with Gasteiger partial charge in [0.15, 0.2) is 5.96 Å². The highest BCUT2D eigenvalue weighted by atomic mass is 16.4. The van der Waals surface area contributed by atoms with Crippen LogP contribution in [0, 0.1) is 5.92 Å². The van der Waals surface area contributed by atoms with E-state index in [9.17, 15) is 78.0 Å². The van der Waals surface area contributed by atoms with Gasteiger partial charge in [0.2, 0.25) is 53.2 Å². The molecule has 1 aromatic rings. The minimum atomic E-state index is -1.71. The van der Waals surface area contributed by atoms with E-state index >= 15 is 0 Å². The molecular weight excluding hydrogens is 1020 g/mol. The molecule has 0 spiro atoms. The zero-order chi connectivity index (χ0) is 57.9. The average molecular weight is 1090 g/mol. The molecule has 0 saturated carbocycles. The van der Waals surface area contributed by atoms with E-state index in [0.29, 0.717) is 11.8 Å². The van der Waals surface area contributed by atoms with Crippen molar-refractivity contribution in [2.45, 2.75) is 152 Å². The summed E-state index contributed by atoms with van der Waals surface area (Å²) in [4.78, 5) is 162. The Balaban J connectivity index is 2.53. The van der Waals surface area contributed by atoms with E-state index in [1.807, 2.05) is 0 Å². The average Bonchev–Trinajstić information content (AvgIpc) is 3.86. The van der Waals surface area contributed by atoms with Gasteiger partial charge in [0.25, 0.3) is 0 Å². The van der Waals surface area contributed by atoms with Crippen molar-refractivity contribution in [1.82, 2.24) is 47.7 Å². The number of phenolic OH excluding ortho intramolecular Hbond substituents is 1. The summed E-state index contributed by atoms with van der Waals surface area (Å²) in [5, 5.41) is 53.6. The Kier molecular flexibility index (Phi) is 28.2. The molecule has 0 radical (unpaired) electrons. The predicted octanol–water partition coefficient (Wildman–Crippen LogP) is -6.46. The van der Waals surface area contributed by atoms with Crippen LogP contribution in [-0.2, 0) is 64.0 Å². The second-order valence-electron chi connectivity index (χ2n) is 18.7. The number of carbonyl (C=O) groups is 12. The molecule has 30 heteroatoms. The molecule has 1 saturated heterocycles. The van der Waals surface area contributed by atoms with Gasteiger partial charge in [-0.25, -0.2) is 10.9 Å². The van der Waals surface area contributed by atoms with Crippen LogP contribution in [0.4, 0.5) is 0 Å². The van der Waals surface area contributed by atoms with Gasteiger partial charge in [0, 0.05) is 32.4 Å². The van der Waals surface area contributed by atoms with Crippen LogP contribution < -0.4 is 65.7 Å². The van der Waals surface area contributed by atoms with Gasteiger partial charge in [-0.3, -0.25) is 52.9 Å². The first-order valence-electron chi connectivity index (χ1n) is 24.7. The topological polar surface area (TPSA) is 502 Å². The first kappa shape index (κ1) is 65.3. The maximum atomic E-state index is 14.4. The van der Waals surface area contributed by atoms with Crippen molar-refractivity contribution in [1.29, 1.82) is 0 Å². The van der Waals surface area contributed by atoms with Gasteiger partial charge in [0.05, 0.1) is 25.2 Å². The third kappa shape index (κ3) is 23.7. The van der Waals surface area contributed by atoms with Crippen molar-refractivity contribution >= 4 is 77.7 Å². The summed E-state index contributed by atoms with van der Waals surface area (Å²) < 4.78 is 0. The zero-order valence-electron chi connectivity index (χ0n) is 43.1. The number of aliphatic hydroxyl groups excluding tert-OH is 2. The molecule has 9 amide bonds. The SMILES string of the molecule is CC(C)C[C@H](NN[C@H](C=O)CO)C(=O)N[C@@H](CC(N)=O)C(=O)N1CCC[C@H]1C(=O)N[C@@H](CCC(=O)O)C(=O)N[C@@H](Cc1ccc(O)cc1)C(=O)N[C@@H](CCCN=C(N)N)C(=O)N[C@@H](CCC(N)=O)C(=O)N[C@H](C=O)[C@@H](C)O. The van der Waals surface area contributed by atoms with Crippen molar-refractivity contribution in [3.05, 3.63) is 29.8 Å². The van der Waals surface area contributed by atoms with Crippen LogP contribution in [0.5, 0.6) is 5.75 Å². The second-order valence-corrected chi connectivity index (χ2v) is 18.7. The van der Waals surface area contributed by atoms with E-state index in [4.69, 9.17) is 22.9 Å². The van der Waals surface area contributed by atoms with Crippen LogP contribution >= 0.6 is 0 Å². The number of aliphatic hydroxyl groups is 2. The number of guanidine groups is 1. The Bertz CT molecular complexity index is 2250.